The summed E-state index contributed by atoms with van der Waals surface area (Å²) in [6.45, 7) is 7.10. The summed E-state index contributed by atoms with van der Waals surface area (Å²) in [4.78, 5) is 0. The van der Waals surface area contributed by atoms with E-state index in [1.54, 1.807) is 0 Å². The van der Waals surface area contributed by atoms with Crippen molar-refractivity contribution >= 4 is 0 Å². The Bertz CT molecular complexity index is 271. The summed E-state index contributed by atoms with van der Waals surface area (Å²) in [6.07, 6.45) is 39.2. The first kappa shape index (κ1) is 32.0. The van der Waals surface area contributed by atoms with Gasteiger partial charge in [-0.05, 0) is 25.9 Å². The highest BCUT2D eigenvalue weighted by Crippen LogP contribution is 2.14. The lowest BCUT2D eigenvalue weighted by atomic mass is 10.0. The minimum absolute atomic E-state index is 1.25. The first-order chi connectivity index (χ1) is 15.9. The van der Waals surface area contributed by atoms with E-state index in [-0.39, 0.29) is 0 Å². The second kappa shape index (κ2) is 31.0. The largest absolute Gasteiger partial charge is 0.317 e. The van der Waals surface area contributed by atoms with E-state index in [1.807, 2.05) is 0 Å². The molecule has 0 heterocycles. The van der Waals surface area contributed by atoms with Gasteiger partial charge in [0.1, 0.15) is 0 Å². The monoisotopic (exact) mass is 452 g/mol. The van der Waals surface area contributed by atoms with Crippen molar-refractivity contribution in [2.24, 2.45) is 0 Å². The minimum atomic E-state index is 1.25. The Hall–Kier alpha value is -0.0400. The van der Waals surface area contributed by atoms with Gasteiger partial charge in [0.05, 0.1) is 0 Å². The molecule has 0 fully saturated rings. The summed E-state index contributed by atoms with van der Waals surface area (Å²) >= 11 is 0. The molecule has 32 heavy (non-hydrogen) atoms. The minimum Gasteiger partial charge on any atom is -0.317 e. The maximum Gasteiger partial charge on any atom is -0.00489 e. The van der Waals surface area contributed by atoms with E-state index < -0.39 is 0 Å². The van der Waals surface area contributed by atoms with Crippen LogP contribution in [0.5, 0.6) is 0 Å². The lowest BCUT2D eigenvalue weighted by Crippen LogP contribution is -2.16. The SMILES string of the molecule is CCCCCCCCCCCCCCCCNCCCCCCCCCCCCCCC. The summed E-state index contributed by atoms with van der Waals surface area (Å²) in [5, 5.41) is 3.67. The highest BCUT2D eigenvalue weighted by molar-refractivity contribution is 4.53. The van der Waals surface area contributed by atoms with Gasteiger partial charge in [0, 0.05) is 0 Å². The number of rotatable bonds is 29. The molecule has 0 radical (unpaired) electrons. The standard InChI is InChI=1S/C31H65N/c1-3-5-7-9-11-13-15-17-19-21-23-25-27-29-31-32-30-28-26-24-22-20-18-16-14-12-10-8-6-4-2/h32H,3-31H2,1-2H3. The zero-order chi connectivity index (χ0) is 23.2. The average molecular weight is 452 g/mol. The summed E-state index contributed by atoms with van der Waals surface area (Å²) in [6, 6.07) is 0. The molecule has 0 aliphatic rings. The molecule has 0 aromatic rings. The molecule has 0 atom stereocenters. The molecule has 1 nitrogen and oxygen atoms in total. The Morgan fingerprint density at radius 1 is 0.250 bits per heavy atom. The molecule has 0 amide bonds. The molecule has 0 aromatic heterocycles. The van der Waals surface area contributed by atoms with Gasteiger partial charge in [-0.2, -0.15) is 0 Å². The molecule has 0 saturated heterocycles. The van der Waals surface area contributed by atoms with Crippen LogP contribution in [0.3, 0.4) is 0 Å². The zero-order valence-electron chi connectivity index (χ0n) is 23.0. The smallest absolute Gasteiger partial charge is 0.00489 e. The quantitative estimate of drug-likeness (QED) is 0.111. The van der Waals surface area contributed by atoms with Gasteiger partial charge in [-0.3, -0.25) is 0 Å². The van der Waals surface area contributed by atoms with Crippen LogP contribution in [-0.2, 0) is 0 Å². The first-order valence-electron chi connectivity index (χ1n) is 15.6. The summed E-state index contributed by atoms with van der Waals surface area (Å²) < 4.78 is 0. The van der Waals surface area contributed by atoms with Gasteiger partial charge in [-0.1, -0.05) is 174 Å². The molecule has 0 rings (SSSR count). The Morgan fingerprint density at radius 2 is 0.438 bits per heavy atom. The number of nitrogens with one attached hydrogen (secondary N) is 1. The summed E-state index contributed by atoms with van der Waals surface area (Å²) in [5.41, 5.74) is 0. The molecule has 0 bridgehead atoms. The highest BCUT2D eigenvalue weighted by atomic mass is 14.8. The molecule has 0 unspecified atom stereocenters. The van der Waals surface area contributed by atoms with Gasteiger partial charge in [0.2, 0.25) is 0 Å². The Kier molecular flexibility index (Phi) is 30.9. The zero-order valence-corrected chi connectivity index (χ0v) is 23.0. The van der Waals surface area contributed by atoms with E-state index in [9.17, 15) is 0 Å². The molecular weight excluding hydrogens is 386 g/mol. The van der Waals surface area contributed by atoms with Crippen LogP contribution in [0.25, 0.3) is 0 Å². The lowest BCUT2D eigenvalue weighted by molar-refractivity contribution is 0.518. The van der Waals surface area contributed by atoms with Crippen molar-refractivity contribution in [3.8, 4) is 0 Å². The summed E-state index contributed by atoms with van der Waals surface area (Å²) in [7, 11) is 0. The topological polar surface area (TPSA) is 12.0 Å². The molecule has 1 N–H and O–H groups in total. The van der Waals surface area contributed by atoms with Gasteiger partial charge < -0.3 is 5.32 Å². The fourth-order valence-electron chi connectivity index (χ4n) is 4.84. The van der Waals surface area contributed by atoms with Crippen molar-refractivity contribution < 1.29 is 0 Å². The van der Waals surface area contributed by atoms with E-state index >= 15 is 0 Å². The van der Waals surface area contributed by atoms with Crippen LogP contribution in [0, 0.1) is 0 Å². The van der Waals surface area contributed by atoms with E-state index in [1.165, 1.54) is 186 Å². The van der Waals surface area contributed by atoms with Crippen molar-refractivity contribution in [3.63, 3.8) is 0 Å². The molecule has 0 spiro atoms. The number of unbranched alkanes of at least 4 members (excludes halogenated alkanes) is 25. The van der Waals surface area contributed by atoms with Gasteiger partial charge in [-0.25, -0.2) is 0 Å². The fraction of sp³-hybridized carbons (Fsp3) is 1.00. The second-order valence-corrected chi connectivity index (χ2v) is 10.6. The fourth-order valence-corrected chi connectivity index (χ4v) is 4.84. The summed E-state index contributed by atoms with van der Waals surface area (Å²) in [5.74, 6) is 0. The van der Waals surface area contributed by atoms with Crippen LogP contribution < -0.4 is 5.32 Å². The Balaban J connectivity index is 2.98. The molecule has 0 aliphatic heterocycles. The maximum atomic E-state index is 3.67. The average Bonchev–Trinajstić information content (AvgIpc) is 2.81. The van der Waals surface area contributed by atoms with E-state index in [2.05, 4.69) is 19.2 Å². The van der Waals surface area contributed by atoms with Crippen molar-refractivity contribution in [1.82, 2.24) is 5.32 Å². The van der Waals surface area contributed by atoms with Crippen LogP contribution in [0.2, 0.25) is 0 Å². The maximum absolute atomic E-state index is 3.67. The van der Waals surface area contributed by atoms with Crippen LogP contribution in [0.4, 0.5) is 0 Å². The van der Waals surface area contributed by atoms with Crippen molar-refractivity contribution in [3.05, 3.63) is 0 Å². The van der Waals surface area contributed by atoms with Crippen molar-refractivity contribution in [2.45, 2.75) is 187 Å². The lowest BCUT2D eigenvalue weighted by Gasteiger charge is -2.06. The molecule has 0 saturated carbocycles. The van der Waals surface area contributed by atoms with Gasteiger partial charge in [-0.15, -0.1) is 0 Å². The predicted molar refractivity (Wildman–Crippen MR) is 149 cm³/mol. The van der Waals surface area contributed by atoms with Crippen LogP contribution in [-0.4, -0.2) is 13.1 Å². The third-order valence-corrected chi connectivity index (χ3v) is 7.16. The molecule has 1 heteroatoms. The van der Waals surface area contributed by atoms with Crippen LogP contribution >= 0.6 is 0 Å². The van der Waals surface area contributed by atoms with E-state index in [0.29, 0.717) is 0 Å². The number of hydrogen-bond donors (Lipinski definition) is 1. The third kappa shape index (κ3) is 30.0. The van der Waals surface area contributed by atoms with E-state index in [4.69, 9.17) is 0 Å². The van der Waals surface area contributed by atoms with Crippen molar-refractivity contribution in [2.75, 3.05) is 13.1 Å². The second-order valence-electron chi connectivity index (χ2n) is 10.6. The Morgan fingerprint density at radius 3 is 0.656 bits per heavy atom. The molecule has 194 valence electrons. The normalized spacial score (nSPS) is 11.4. The van der Waals surface area contributed by atoms with Gasteiger partial charge in [0.15, 0.2) is 0 Å². The predicted octanol–water partition coefficient (Wildman–Crippen LogP) is 11.1. The third-order valence-electron chi connectivity index (χ3n) is 7.16. The first-order valence-corrected chi connectivity index (χ1v) is 15.6. The molecule has 0 aromatic carbocycles. The van der Waals surface area contributed by atoms with Crippen molar-refractivity contribution in [1.29, 1.82) is 0 Å². The number of hydrogen-bond acceptors (Lipinski definition) is 1. The molecule has 0 aliphatic carbocycles. The van der Waals surface area contributed by atoms with Gasteiger partial charge in [0.25, 0.3) is 0 Å². The molecular formula is C31H65N. The van der Waals surface area contributed by atoms with Crippen LogP contribution in [0.1, 0.15) is 187 Å². The Labute approximate surface area is 205 Å². The van der Waals surface area contributed by atoms with Crippen LogP contribution in [0.15, 0.2) is 0 Å². The van der Waals surface area contributed by atoms with Gasteiger partial charge >= 0.3 is 0 Å². The highest BCUT2D eigenvalue weighted by Gasteiger charge is 1.96. The van der Waals surface area contributed by atoms with E-state index in [0.717, 1.165) is 0 Å².